The highest BCUT2D eigenvalue weighted by molar-refractivity contribution is 6.01. The lowest BCUT2D eigenvalue weighted by atomic mass is 10.0. The van der Waals surface area contributed by atoms with Gasteiger partial charge in [-0.2, -0.15) is 0 Å². The Morgan fingerprint density at radius 1 is 1.08 bits per heavy atom. The maximum atomic E-state index is 13.2. The van der Waals surface area contributed by atoms with E-state index in [0.717, 1.165) is 10.9 Å². The summed E-state index contributed by atoms with van der Waals surface area (Å²) < 4.78 is 7.46. The molecule has 0 aliphatic rings. The number of hydrogen-bond donors (Lipinski definition) is 1. The Bertz CT molecular complexity index is 1130. The van der Waals surface area contributed by atoms with Crippen molar-refractivity contribution in [1.82, 2.24) is 9.55 Å². The van der Waals surface area contributed by atoms with Crippen molar-refractivity contribution in [3.05, 3.63) is 76.3 Å². The van der Waals surface area contributed by atoms with E-state index in [2.05, 4.69) is 0 Å². The van der Waals surface area contributed by atoms with Crippen LogP contribution in [0.3, 0.4) is 0 Å². The van der Waals surface area contributed by atoms with Gasteiger partial charge in [-0.1, -0.05) is 56.3 Å². The normalized spacial score (nSPS) is 12.9. The predicted molar refractivity (Wildman–Crippen MR) is 103 cm³/mol. The predicted octanol–water partition coefficient (Wildman–Crippen LogP) is 3.85. The Labute approximate surface area is 151 Å². The summed E-state index contributed by atoms with van der Waals surface area (Å²) in [5.74, 6) is 0.743. The molecular weight excluding hydrogens is 326 g/mol. The Kier molecular flexibility index (Phi) is 4.09. The van der Waals surface area contributed by atoms with Crippen LogP contribution in [0.5, 0.6) is 0 Å². The number of benzene rings is 2. The number of para-hydroxylation sites is 1. The summed E-state index contributed by atoms with van der Waals surface area (Å²) in [6, 6.07) is 17.0. The highest BCUT2D eigenvalue weighted by atomic mass is 16.3. The summed E-state index contributed by atoms with van der Waals surface area (Å²) in [6.45, 7) is 4.47. The molecule has 4 rings (SSSR count). The Morgan fingerprint density at radius 3 is 2.50 bits per heavy atom. The molecule has 0 saturated carbocycles. The maximum absolute atomic E-state index is 13.2. The first-order chi connectivity index (χ1) is 12.6. The monoisotopic (exact) mass is 347 g/mol. The number of hydrogen-bond acceptors (Lipinski definition) is 4. The van der Waals surface area contributed by atoms with Crippen LogP contribution in [-0.4, -0.2) is 9.55 Å². The molecule has 132 valence electrons. The van der Waals surface area contributed by atoms with Gasteiger partial charge in [0.2, 0.25) is 5.58 Å². The lowest BCUT2D eigenvalue weighted by molar-refractivity contribution is 0.461. The standard InChI is InChI=1S/C21H21N3O2/c1-13(2)17(22)20-23-18-15-10-6-7-11-16(15)26-19(18)21(25)24(20)12-14-8-4-3-5-9-14/h3-11,13,17H,12,22H2,1-2H3/t17-/m1/s1. The molecule has 26 heavy (non-hydrogen) atoms. The Balaban J connectivity index is 2.01. The van der Waals surface area contributed by atoms with Gasteiger partial charge in [-0.25, -0.2) is 4.98 Å². The average Bonchev–Trinajstić information content (AvgIpc) is 3.03. The van der Waals surface area contributed by atoms with Crippen molar-refractivity contribution in [2.75, 3.05) is 0 Å². The number of furan rings is 1. The molecule has 4 aromatic rings. The second-order valence-corrected chi connectivity index (χ2v) is 6.89. The van der Waals surface area contributed by atoms with Crippen LogP contribution in [0.2, 0.25) is 0 Å². The first-order valence-corrected chi connectivity index (χ1v) is 8.77. The van der Waals surface area contributed by atoms with Crippen LogP contribution in [0.1, 0.15) is 31.3 Å². The lowest BCUT2D eigenvalue weighted by Gasteiger charge is -2.20. The fraction of sp³-hybridized carbons (Fsp3) is 0.238. The van der Waals surface area contributed by atoms with Crippen molar-refractivity contribution in [1.29, 1.82) is 0 Å². The molecule has 0 saturated heterocycles. The fourth-order valence-corrected chi connectivity index (χ4v) is 3.16. The van der Waals surface area contributed by atoms with Crippen molar-refractivity contribution in [2.24, 2.45) is 11.7 Å². The number of rotatable bonds is 4. The minimum absolute atomic E-state index is 0.152. The van der Waals surface area contributed by atoms with Gasteiger partial charge in [0.1, 0.15) is 16.9 Å². The molecule has 0 amide bonds. The summed E-state index contributed by atoms with van der Waals surface area (Å²) in [5, 5.41) is 0.837. The Hall–Kier alpha value is -2.92. The van der Waals surface area contributed by atoms with Crippen LogP contribution < -0.4 is 11.3 Å². The van der Waals surface area contributed by atoms with Crippen LogP contribution >= 0.6 is 0 Å². The lowest BCUT2D eigenvalue weighted by Crippen LogP contribution is -2.31. The van der Waals surface area contributed by atoms with Crippen molar-refractivity contribution in [3.63, 3.8) is 0 Å². The summed E-state index contributed by atoms with van der Waals surface area (Å²) in [4.78, 5) is 18.0. The minimum atomic E-state index is -0.343. The van der Waals surface area contributed by atoms with Crippen LogP contribution in [0.15, 0.2) is 63.8 Å². The smallest absolute Gasteiger partial charge is 0.297 e. The van der Waals surface area contributed by atoms with E-state index in [1.54, 1.807) is 4.57 Å². The summed E-state index contributed by atoms with van der Waals surface area (Å²) in [7, 11) is 0. The minimum Gasteiger partial charge on any atom is -0.448 e. The molecule has 5 heteroatoms. The van der Waals surface area contributed by atoms with Crippen molar-refractivity contribution >= 4 is 22.1 Å². The summed E-state index contributed by atoms with van der Waals surface area (Å²) in [6.07, 6.45) is 0. The summed E-state index contributed by atoms with van der Waals surface area (Å²) in [5.41, 5.74) is 8.76. The topological polar surface area (TPSA) is 74.1 Å². The molecule has 2 aromatic carbocycles. The van der Waals surface area contributed by atoms with Crippen LogP contribution in [0, 0.1) is 5.92 Å². The molecule has 0 fully saturated rings. The van der Waals surface area contributed by atoms with E-state index in [9.17, 15) is 4.79 Å². The van der Waals surface area contributed by atoms with Gasteiger partial charge in [0, 0.05) is 5.39 Å². The van der Waals surface area contributed by atoms with Gasteiger partial charge in [-0.15, -0.1) is 0 Å². The molecule has 2 heterocycles. The second-order valence-electron chi connectivity index (χ2n) is 6.89. The zero-order valence-electron chi connectivity index (χ0n) is 14.8. The van der Waals surface area contributed by atoms with Crippen molar-refractivity contribution in [3.8, 4) is 0 Å². The van der Waals surface area contributed by atoms with Gasteiger partial charge in [-0.3, -0.25) is 9.36 Å². The number of fused-ring (bicyclic) bond motifs is 3. The zero-order valence-corrected chi connectivity index (χ0v) is 14.8. The van der Waals surface area contributed by atoms with E-state index in [1.807, 2.05) is 68.4 Å². The van der Waals surface area contributed by atoms with Crippen LogP contribution in [0.25, 0.3) is 22.1 Å². The number of nitrogens with two attached hydrogens (primary N) is 1. The van der Waals surface area contributed by atoms with E-state index in [0.29, 0.717) is 23.5 Å². The quantitative estimate of drug-likeness (QED) is 0.608. The molecule has 0 spiro atoms. The van der Waals surface area contributed by atoms with Crippen molar-refractivity contribution < 1.29 is 4.42 Å². The van der Waals surface area contributed by atoms with E-state index in [1.165, 1.54) is 0 Å². The van der Waals surface area contributed by atoms with Gasteiger partial charge in [0.15, 0.2) is 0 Å². The number of aromatic nitrogens is 2. The van der Waals surface area contributed by atoms with E-state index >= 15 is 0 Å². The SMILES string of the molecule is CC(C)[C@@H](N)c1nc2c(oc3ccccc32)c(=O)n1Cc1ccccc1. The van der Waals surface area contributed by atoms with E-state index < -0.39 is 0 Å². The van der Waals surface area contributed by atoms with Gasteiger partial charge in [-0.05, 0) is 23.6 Å². The van der Waals surface area contributed by atoms with Gasteiger partial charge in [0.25, 0.3) is 5.56 Å². The largest absolute Gasteiger partial charge is 0.448 e. The molecule has 5 nitrogen and oxygen atoms in total. The molecule has 2 N–H and O–H groups in total. The molecular formula is C21H21N3O2. The molecule has 0 bridgehead atoms. The molecule has 2 aromatic heterocycles. The van der Waals surface area contributed by atoms with Gasteiger partial charge in [0.05, 0.1) is 12.6 Å². The molecule has 0 radical (unpaired) electrons. The maximum Gasteiger partial charge on any atom is 0.297 e. The first-order valence-electron chi connectivity index (χ1n) is 8.77. The van der Waals surface area contributed by atoms with Gasteiger partial charge >= 0.3 is 0 Å². The summed E-state index contributed by atoms with van der Waals surface area (Å²) >= 11 is 0. The third-order valence-corrected chi connectivity index (χ3v) is 4.71. The molecule has 1 atom stereocenters. The van der Waals surface area contributed by atoms with E-state index in [-0.39, 0.29) is 23.1 Å². The van der Waals surface area contributed by atoms with Crippen LogP contribution in [-0.2, 0) is 6.54 Å². The van der Waals surface area contributed by atoms with Crippen molar-refractivity contribution in [2.45, 2.75) is 26.4 Å². The van der Waals surface area contributed by atoms with Gasteiger partial charge < -0.3 is 10.2 Å². The third-order valence-electron chi connectivity index (χ3n) is 4.71. The van der Waals surface area contributed by atoms with Crippen LogP contribution in [0.4, 0.5) is 0 Å². The fourth-order valence-electron chi connectivity index (χ4n) is 3.16. The highest BCUT2D eigenvalue weighted by Gasteiger charge is 2.22. The second kappa shape index (κ2) is 6.42. The average molecular weight is 347 g/mol. The first kappa shape index (κ1) is 16.5. The zero-order chi connectivity index (χ0) is 18.3. The molecule has 0 aliphatic carbocycles. The highest BCUT2D eigenvalue weighted by Crippen LogP contribution is 2.27. The Morgan fingerprint density at radius 2 is 1.77 bits per heavy atom. The number of nitrogens with zero attached hydrogens (tertiary/aromatic N) is 2. The molecule has 0 aliphatic heterocycles. The third kappa shape index (κ3) is 2.70. The molecule has 0 unspecified atom stereocenters. The van der Waals surface area contributed by atoms with E-state index in [4.69, 9.17) is 15.1 Å².